The number of hydrogen-bond acceptors (Lipinski definition) is 4. The molecule has 0 aliphatic rings. The number of benzene rings is 1. The Balaban J connectivity index is 0.00000281. The summed E-state index contributed by atoms with van der Waals surface area (Å²) in [5.41, 5.74) is 2.66. The van der Waals surface area contributed by atoms with Gasteiger partial charge in [0, 0.05) is 39.2 Å². The number of nitrogens with zero attached hydrogens (tertiary/aromatic N) is 1. The number of ether oxygens (including phenoxy) is 1. The average molecular weight is 549 g/mol. The van der Waals surface area contributed by atoms with Crippen LogP contribution in [0.15, 0.2) is 45.3 Å². The Labute approximate surface area is 218 Å². The van der Waals surface area contributed by atoms with Crippen molar-refractivity contribution in [1.29, 1.82) is 0 Å². The van der Waals surface area contributed by atoms with Gasteiger partial charge in [-0.1, -0.05) is 54.4 Å². The fourth-order valence-corrected chi connectivity index (χ4v) is 4.84. The number of carbonyl (C=O) groups is 1. The summed E-state index contributed by atoms with van der Waals surface area (Å²) < 4.78 is 8.69. The third-order valence-corrected chi connectivity index (χ3v) is 6.49. The summed E-state index contributed by atoms with van der Waals surface area (Å²) >= 11 is 5.26. The molecule has 2 rings (SSSR count). The predicted octanol–water partition coefficient (Wildman–Crippen LogP) is 7.86. The summed E-state index contributed by atoms with van der Waals surface area (Å²) in [6.45, 7) is 17.4. The number of fused-ring (bicyclic) bond motifs is 1. The summed E-state index contributed by atoms with van der Waals surface area (Å²) in [5, 5.41) is 11.3. The number of phenols is 1. The minimum atomic E-state index is -0.679. The van der Waals surface area contributed by atoms with E-state index in [1.165, 1.54) is 5.57 Å². The third kappa shape index (κ3) is 8.29. The van der Waals surface area contributed by atoms with E-state index < -0.39 is 5.41 Å². The Morgan fingerprint density at radius 2 is 1.79 bits per heavy atom. The van der Waals surface area contributed by atoms with Crippen molar-refractivity contribution in [2.45, 2.75) is 78.0 Å². The molecule has 0 fully saturated rings. The number of terminal acetylenes is 1. The minimum Gasteiger partial charge on any atom is -0.508 e. The Morgan fingerprint density at radius 1 is 1.18 bits per heavy atom. The molecule has 0 bridgehead atoms. The third-order valence-electron chi connectivity index (χ3n) is 4.95. The van der Waals surface area contributed by atoms with Gasteiger partial charge in [0.1, 0.15) is 5.75 Å². The molecule has 2 aromatic rings. The molecule has 6 heteroatoms. The van der Waals surface area contributed by atoms with Crippen LogP contribution in [0.3, 0.4) is 0 Å². The zero-order chi connectivity index (χ0) is 26.3. The maximum absolute atomic E-state index is 12.7. The van der Waals surface area contributed by atoms with E-state index in [1.807, 2.05) is 45.9 Å². The molecular weight excluding hydrogens is 510 g/mol. The number of esters is 1. The van der Waals surface area contributed by atoms with Gasteiger partial charge in [-0.05, 0) is 57.3 Å². The Kier molecular flexibility index (Phi) is 11.1. The molecule has 4 nitrogen and oxygen atoms in total. The monoisotopic (exact) mass is 547 g/mol. The van der Waals surface area contributed by atoms with E-state index in [4.69, 9.17) is 4.74 Å². The Bertz CT molecular complexity index is 1080. The van der Waals surface area contributed by atoms with E-state index in [0.717, 1.165) is 26.0 Å². The lowest BCUT2D eigenvalue weighted by atomic mass is 9.87. The fraction of sp³-hybridized carbons (Fsp3) is 0.464. The van der Waals surface area contributed by atoms with E-state index in [9.17, 15) is 9.90 Å². The van der Waals surface area contributed by atoms with Crippen molar-refractivity contribution in [3.05, 3.63) is 46.1 Å². The number of halogens is 1. The second-order valence-electron chi connectivity index (χ2n) is 9.83. The number of hydrogen-bond donors (Lipinski definition) is 1. The summed E-state index contributed by atoms with van der Waals surface area (Å²) in [7, 11) is 0. The molecule has 1 aromatic heterocycles. The summed E-state index contributed by atoms with van der Waals surface area (Å²) in [6, 6.07) is 5.53. The molecule has 0 saturated carbocycles. The number of aromatic hydroxyl groups is 1. The van der Waals surface area contributed by atoms with Crippen molar-refractivity contribution in [3.63, 3.8) is 0 Å². The zero-order valence-corrected chi connectivity index (χ0v) is 24.1. The maximum Gasteiger partial charge on any atom is 0.311 e. The number of aromatic nitrogens is 1. The normalized spacial score (nSPS) is 12.9. The number of allylic oxidation sites excluding steroid dienone is 4. The first kappa shape index (κ1) is 29.9. The number of thioether (sulfide) groups is 1. The van der Waals surface area contributed by atoms with Gasteiger partial charge in [0.05, 0.1) is 12.0 Å². The summed E-state index contributed by atoms with van der Waals surface area (Å²) in [4.78, 5) is 13.9. The Hall–Kier alpha value is -2.10. The van der Waals surface area contributed by atoms with Crippen molar-refractivity contribution in [3.8, 4) is 18.6 Å². The van der Waals surface area contributed by atoms with E-state index in [1.54, 1.807) is 17.8 Å². The SMILES string of the molecule is C#C.CCOC(=O)C(C)(C)Cc1c(SC(C)(C)C)c2cc(O)ccc2n1C/C(C)=C/C=C(\C)Br. The second-order valence-corrected chi connectivity index (χ2v) is 12.9. The first-order valence-electron chi connectivity index (χ1n) is 11.3. The molecule has 186 valence electrons. The number of rotatable bonds is 8. The molecule has 1 heterocycles. The second kappa shape index (κ2) is 12.6. The summed E-state index contributed by atoms with van der Waals surface area (Å²) in [6.07, 6.45) is 12.7. The molecular formula is C28H38BrNO3S. The maximum atomic E-state index is 12.7. The van der Waals surface area contributed by atoms with Gasteiger partial charge in [0.15, 0.2) is 0 Å². The molecule has 0 radical (unpaired) electrons. The van der Waals surface area contributed by atoms with Crippen molar-refractivity contribution in [2.24, 2.45) is 5.41 Å². The molecule has 0 spiro atoms. The lowest BCUT2D eigenvalue weighted by Gasteiger charge is -2.26. The summed E-state index contributed by atoms with van der Waals surface area (Å²) in [5.74, 6) is 0.0446. The topological polar surface area (TPSA) is 51.5 Å². The van der Waals surface area contributed by atoms with Crippen molar-refractivity contribution in [2.75, 3.05) is 6.61 Å². The highest BCUT2D eigenvalue weighted by Crippen LogP contribution is 2.44. The van der Waals surface area contributed by atoms with Gasteiger partial charge >= 0.3 is 5.97 Å². The van der Waals surface area contributed by atoms with Gasteiger partial charge in [-0.25, -0.2) is 0 Å². The van der Waals surface area contributed by atoms with Gasteiger partial charge in [-0.15, -0.1) is 24.6 Å². The molecule has 0 amide bonds. The van der Waals surface area contributed by atoms with Crippen LogP contribution in [0.25, 0.3) is 10.9 Å². The van der Waals surface area contributed by atoms with Crippen LogP contribution in [-0.4, -0.2) is 27.0 Å². The van der Waals surface area contributed by atoms with Gasteiger partial charge in [0.2, 0.25) is 0 Å². The number of phenolic OH excluding ortho intramolecular Hbond substituents is 1. The quantitative estimate of drug-likeness (QED) is 0.158. The smallest absolute Gasteiger partial charge is 0.311 e. The van der Waals surface area contributed by atoms with Crippen LogP contribution in [0.4, 0.5) is 0 Å². The van der Waals surface area contributed by atoms with E-state index in [2.05, 4.69) is 67.1 Å². The fourth-order valence-electron chi connectivity index (χ4n) is 3.52. The molecule has 0 unspecified atom stereocenters. The lowest BCUT2D eigenvalue weighted by molar-refractivity contribution is -0.153. The van der Waals surface area contributed by atoms with Gasteiger partial charge in [-0.2, -0.15) is 0 Å². The van der Waals surface area contributed by atoms with Crippen LogP contribution >= 0.6 is 27.7 Å². The van der Waals surface area contributed by atoms with Crippen LogP contribution in [0.2, 0.25) is 0 Å². The van der Waals surface area contributed by atoms with E-state index in [0.29, 0.717) is 19.6 Å². The van der Waals surface area contributed by atoms with E-state index in [-0.39, 0.29) is 16.5 Å². The van der Waals surface area contributed by atoms with Gasteiger partial charge in [0.25, 0.3) is 0 Å². The molecule has 0 aliphatic carbocycles. The highest BCUT2D eigenvalue weighted by Gasteiger charge is 2.34. The van der Waals surface area contributed by atoms with Gasteiger partial charge < -0.3 is 14.4 Å². The first-order chi connectivity index (χ1) is 15.7. The molecule has 1 N–H and O–H groups in total. The molecule has 0 atom stereocenters. The highest BCUT2D eigenvalue weighted by atomic mass is 79.9. The molecule has 0 saturated heterocycles. The van der Waals surface area contributed by atoms with Gasteiger partial charge in [-0.3, -0.25) is 4.79 Å². The largest absolute Gasteiger partial charge is 0.508 e. The number of carbonyl (C=O) groups excluding carboxylic acids is 1. The predicted molar refractivity (Wildman–Crippen MR) is 150 cm³/mol. The Morgan fingerprint density at radius 3 is 2.32 bits per heavy atom. The highest BCUT2D eigenvalue weighted by molar-refractivity contribution is 9.11. The average Bonchev–Trinajstić information content (AvgIpc) is 2.98. The van der Waals surface area contributed by atoms with Crippen LogP contribution in [0.5, 0.6) is 5.75 Å². The minimum absolute atomic E-state index is 0.0336. The molecule has 0 aliphatic heterocycles. The van der Waals surface area contributed by atoms with E-state index >= 15 is 0 Å². The van der Waals surface area contributed by atoms with Crippen LogP contribution in [0.1, 0.15) is 61.1 Å². The van der Waals surface area contributed by atoms with Crippen molar-refractivity contribution < 1.29 is 14.6 Å². The lowest BCUT2D eigenvalue weighted by Crippen LogP contribution is -2.30. The zero-order valence-electron chi connectivity index (χ0n) is 21.7. The van der Waals surface area contributed by atoms with Crippen molar-refractivity contribution >= 4 is 44.6 Å². The molecule has 1 aromatic carbocycles. The molecule has 34 heavy (non-hydrogen) atoms. The van der Waals surface area contributed by atoms with Crippen LogP contribution in [0, 0.1) is 18.3 Å². The van der Waals surface area contributed by atoms with Crippen molar-refractivity contribution in [1.82, 2.24) is 4.57 Å². The first-order valence-corrected chi connectivity index (χ1v) is 12.9. The van der Waals surface area contributed by atoms with Crippen LogP contribution in [-0.2, 0) is 22.5 Å². The van der Waals surface area contributed by atoms with Crippen LogP contribution < -0.4 is 0 Å². The standard InChI is InChI=1S/C26H36BrNO3S.C2H2/c1-9-31-24(30)26(7,8)15-22-23(32-25(4,5)6)20-14-19(29)12-13-21(20)28(22)16-17(2)10-11-18(3)27;1-2/h10-14,29H,9,15-16H2,1-8H3;1-2H/b17-10+,18-11+;.